The Morgan fingerprint density at radius 1 is 1.10 bits per heavy atom. The Bertz CT molecular complexity index is 821. The summed E-state index contributed by atoms with van der Waals surface area (Å²) in [5.74, 6) is -0.864. The fourth-order valence-corrected chi connectivity index (χ4v) is 3.42. The van der Waals surface area contributed by atoms with E-state index in [-0.39, 0.29) is 11.6 Å². The number of benzene rings is 2. The average molecular weight is 403 g/mol. The van der Waals surface area contributed by atoms with Crippen LogP contribution in [0.2, 0.25) is 0 Å². The van der Waals surface area contributed by atoms with Crippen LogP contribution in [0.25, 0.3) is 0 Å². The second-order valence-electron chi connectivity index (χ2n) is 7.18. The van der Waals surface area contributed by atoms with Crippen LogP contribution < -0.4 is 10.1 Å². The molecule has 2 aromatic carbocycles. The molecule has 1 saturated heterocycles. The molecule has 1 aliphatic heterocycles. The van der Waals surface area contributed by atoms with E-state index < -0.39 is 17.7 Å². The van der Waals surface area contributed by atoms with Gasteiger partial charge in [-0.1, -0.05) is 12.1 Å². The first-order valence-electron chi connectivity index (χ1n) is 9.90. The smallest absolute Gasteiger partial charge is 0.241 e. The van der Waals surface area contributed by atoms with Crippen LogP contribution in [-0.4, -0.2) is 54.5 Å². The number of piperazine rings is 1. The predicted octanol–water partition coefficient (Wildman–Crippen LogP) is 3.51. The summed E-state index contributed by atoms with van der Waals surface area (Å²) < 4.78 is 32.2. The maximum Gasteiger partial charge on any atom is 0.241 e. The van der Waals surface area contributed by atoms with Crippen molar-refractivity contribution in [3.8, 4) is 5.75 Å². The van der Waals surface area contributed by atoms with Crippen LogP contribution in [-0.2, 0) is 11.3 Å². The third-order valence-corrected chi connectivity index (χ3v) is 5.16. The molecule has 0 saturated carbocycles. The molecular weight excluding hydrogens is 376 g/mol. The summed E-state index contributed by atoms with van der Waals surface area (Å²) >= 11 is 0. The molecule has 1 fully saturated rings. The normalized spacial score (nSPS) is 16.4. The van der Waals surface area contributed by atoms with Crippen LogP contribution in [0.15, 0.2) is 42.5 Å². The second kappa shape index (κ2) is 9.80. The molecule has 1 heterocycles. The van der Waals surface area contributed by atoms with Gasteiger partial charge < -0.3 is 10.1 Å². The van der Waals surface area contributed by atoms with Crippen LogP contribution >= 0.6 is 0 Å². The van der Waals surface area contributed by atoms with E-state index in [2.05, 4.69) is 27.2 Å². The van der Waals surface area contributed by atoms with Gasteiger partial charge in [-0.05, 0) is 43.7 Å². The molecule has 156 valence electrons. The molecule has 0 aliphatic carbocycles. The maximum absolute atomic E-state index is 13.8. The van der Waals surface area contributed by atoms with Gasteiger partial charge in [0.25, 0.3) is 0 Å². The number of ether oxygens (including phenoxy) is 1. The monoisotopic (exact) mass is 403 g/mol. The molecule has 1 amide bonds. The number of nitrogens with one attached hydrogen (secondary N) is 1. The maximum atomic E-state index is 13.8. The minimum absolute atomic E-state index is 0.00242. The number of carbonyl (C=O) groups excluding carboxylic acids is 1. The third kappa shape index (κ3) is 5.74. The number of halogens is 2. The first-order chi connectivity index (χ1) is 14.0. The van der Waals surface area contributed by atoms with Crippen molar-refractivity contribution in [3.05, 3.63) is 59.7 Å². The number of anilines is 1. The summed E-state index contributed by atoms with van der Waals surface area (Å²) in [5.41, 5.74) is 1.22. The molecule has 2 aromatic rings. The van der Waals surface area contributed by atoms with Gasteiger partial charge in [0, 0.05) is 38.8 Å². The van der Waals surface area contributed by atoms with Crippen molar-refractivity contribution in [2.24, 2.45) is 0 Å². The summed E-state index contributed by atoms with van der Waals surface area (Å²) in [6, 6.07) is 10.8. The van der Waals surface area contributed by atoms with Crippen LogP contribution in [0.1, 0.15) is 19.4 Å². The Labute approximate surface area is 170 Å². The first-order valence-corrected chi connectivity index (χ1v) is 9.90. The molecule has 1 atom stereocenters. The van der Waals surface area contributed by atoms with Crippen molar-refractivity contribution >= 4 is 11.6 Å². The highest BCUT2D eigenvalue weighted by atomic mass is 19.1. The van der Waals surface area contributed by atoms with Crippen LogP contribution in [0.4, 0.5) is 14.5 Å². The summed E-state index contributed by atoms with van der Waals surface area (Å²) in [5, 5.41) is 2.55. The summed E-state index contributed by atoms with van der Waals surface area (Å²) in [6.07, 6.45) is 0. The molecule has 0 aromatic heterocycles. The van der Waals surface area contributed by atoms with Gasteiger partial charge in [0.2, 0.25) is 5.91 Å². The van der Waals surface area contributed by atoms with Gasteiger partial charge in [0.05, 0.1) is 18.3 Å². The van der Waals surface area contributed by atoms with Crippen molar-refractivity contribution in [2.75, 3.05) is 38.1 Å². The van der Waals surface area contributed by atoms with Crippen molar-refractivity contribution in [1.29, 1.82) is 0 Å². The molecule has 0 radical (unpaired) electrons. The quantitative estimate of drug-likeness (QED) is 0.769. The Hall–Kier alpha value is -2.51. The fourth-order valence-electron chi connectivity index (χ4n) is 3.42. The minimum atomic E-state index is -0.772. The summed E-state index contributed by atoms with van der Waals surface area (Å²) in [7, 11) is 0. The van der Waals surface area contributed by atoms with Gasteiger partial charge >= 0.3 is 0 Å². The Morgan fingerprint density at radius 3 is 2.41 bits per heavy atom. The number of nitrogens with zero attached hydrogens (tertiary/aromatic N) is 2. The summed E-state index contributed by atoms with van der Waals surface area (Å²) in [6.45, 7) is 8.45. The minimum Gasteiger partial charge on any atom is -0.494 e. The van der Waals surface area contributed by atoms with Crippen LogP contribution in [0, 0.1) is 11.6 Å². The van der Waals surface area contributed by atoms with Crippen molar-refractivity contribution in [1.82, 2.24) is 9.80 Å². The number of rotatable bonds is 7. The molecule has 1 unspecified atom stereocenters. The van der Waals surface area contributed by atoms with E-state index in [1.165, 1.54) is 11.6 Å². The van der Waals surface area contributed by atoms with E-state index in [0.29, 0.717) is 6.61 Å². The van der Waals surface area contributed by atoms with Crippen molar-refractivity contribution in [3.63, 3.8) is 0 Å². The van der Waals surface area contributed by atoms with Gasteiger partial charge in [-0.2, -0.15) is 0 Å². The van der Waals surface area contributed by atoms with E-state index in [4.69, 9.17) is 4.74 Å². The zero-order valence-corrected chi connectivity index (χ0v) is 16.8. The average Bonchev–Trinajstić information content (AvgIpc) is 2.72. The SMILES string of the molecule is CCOc1ccc(CN2CCN(C(C)C(=O)Nc3ccc(F)cc3F)CC2)cc1. The van der Waals surface area contributed by atoms with Gasteiger partial charge in [-0.25, -0.2) is 8.78 Å². The van der Waals surface area contributed by atoms with Gasteiger partial charge in [0.15, 0.2) is 0 Å². The zero-order valence-electron chi connectivity index (χ0n) is 16.8. The standard InChI is InChI=1S/C22H27F2N3O2/c1-3-29-19-7-4-17(5-8-19)15-26-10-12-27(13-11-26)16(2)22(28)25-21-9-6-18(23)14-20(21)24/h4-9,14,16H,3,10-13,15H2,1-2H3,(H,25,28). The number of hydrogen-bond donors (Lipinski definition) is 1. The zero-order chi connectivity index (χ0) is 20.8. The van der Waals surface area contributed by atoms with E-state index in [1.807, 2.05) is 19.1 Å². The Kier molecular flexibility index (Phi) is 7.17. The van der Waals surface area contributed by atoms with E-state index in [1.54, 1.807) is 6.92 Å². The lowest BCUT2D eigenvalue weighted by molar-refractivity contribution is -0.121. The number of hydrogen-bond acceptors (Lipinski definition) is 4. The predicted molar refractivity (Wildman–Crippen MR) is 109 cm³/mol. The molecule has 7 heteroatoms. The van der Waals surface area contributed by atoms with E-state index in [9.17, 15) is 13.6 Å². The molecule has 1 aliphatic rings. The Balaban J connectivity index is 1.48. The lowest BCUT2D eigenvalue weighted by Gasteiger charge is -2.37. The van der Waals surface area contributed by atoms with Crippen LogP contribution in [0.3, 0.4) is 0 Å². The van der Waals surface area contributed by atoms with Crippen molar-refractivity contribution < 1.29 is 18.3 Å². The largest absolute Gasteiger partial charge is 0.494 e. The Morgan fingerprint density at radius 2 is 1.79 bits per heavy atom. The highest BCUT2D eigenvalue weighted by Gasteiger charge is 2.26. The highest BCUT2D eigenvalue weighted by molar-refractivity contribution is 5.94. The van der Waals surface area contributed by atoms with Crippen LogP contribution in [0.5, 0.6) is 5.75 Å². The molecule has 0 spiro atoms. The lowest BCUT2D eigenvalue weighted by Crippen LogP contribution is -2.52. The first kappa shape index (κ1) is 21.2. The number of amides is 1. The molecule has 5 nitrogen and oxygen atoms in total. The van der Waals surface area contributed by atoms with Crippen molar-refractivity contribution in [2.45, 2.75) is 26.4 Å². The number of carbonyl (C=O) groups is 1. The second-order valence-corrected chi connectivity index (χ2v) is 7.18. The fraction of sp³-hybridized carbons (Fsp3) is 0.409. The molecular formula is C22H27F2N3O2. The molecule has 1 N–H and O–H groups in total. The van der Waals surface area contributed by atoms with E-state index in [0.717, 1.165) is 50.6 Å². The third-order valence-electron chi connectivity index (χ3n) is 5.16. The van der Waals surface area contributed by atoms with E-state index >= 15 is 0 Å². The van der Waals surface area contributed by atoms with Gasteiger partial charge in [0.1, 0.15) is 17.4 Å². The molecule has 29 heavy (non-hydrogen) atoms. The molecule has 0 bridgehead atoms. The topological polar surface area (TPSA) is 44.8 Å². The van der Waals surface area contributed by atoms with Gasteiger partial charge in [-0.3, -0.25) is 14.6 Å². The highest BCUT2D eigenvalue weighted by Crippen LogP contribution is 2.18. The molecule has 3 rings (SSSR count). The van der Waals surface area contributed by atoms with Gasteiger partial charge in [-0.15, -0.1) is 0 Å². The summed E-state index contributed by atoms with van der Waals surface area (Å²) in [4.78, 5) is 16.9. The lowest BCUT2D eigenvalue weighted by atomic mass is 10.1.